The number of carbonyl (C=O) groups excluding carboxylic acids is 4. The number of phenolic OH excluding ortho intramolecular Hbond substituents is 2. The van der Waals surface area contributed by atoms with Crippen molar-refractivity contribution >= 4 is 63.1 Å². The summed E-state index contributed by atoms with van der Waals surface area (Å²) in [6.45, 7) is 7.80. The zero-order chi connectivity index (χ0) is 58.5. The Hall–Kier alpha value is -7.33. The molecule has 2 saturated heterocycles. The number of anilines is 3. The summed E-state index contributed by atoms with van der Waals surface area (Å²) >= 11 is 0. The number of methoxy groups -OCH3 is 1. The van der Waals surface area contributed by atoms with Gasteiger partial charge in [0.15, 0.2) is 17.9 Å². The molecule has 6 atom stereocenters. The maximum Gasteiger partial charge on any atom is 0.261 e. The van der Waals surface area contributed by atoms with Gasteiger partial charge in [0.2, 0.25) is 11.7 Å². The number of nitrogens with zero attached hydrogens (tertiary/aromatic N) is 5. The van der Waals surface area contributed by atoms with Gasteiger partial charge < -0.3 is 61.0 Å². The summed E-state index contributed by atoms with van der Waals surface area (Å²) in [5.41, 5.74) is 8.46. The molecule has 4 heterocycles. The molecular formula is C57H65ClN8O15S. The monoisotopic (exact) mass is 1170 g/mol. The first-order chi connectivity index (χ1) is 38.5. The zero-order valence-electron chi connectivity index (χ0n) is 45.5. The number of halogens is 1. The third-order valence-corrected chi connectivity index (χ3v) is 14.4. The SMILES string of the molecule is COc1cccc2c1C(=O)c1c(O)c3c(c(O)c1C2=O)C[C@@](O)(C(=O)CO)C[C@@H]3O[C@H]1C[C@H](N)[C@H](O)[C@H](C)O1.CS(=O)(=O)O.Cc1ccc(NC(=O)c2ccc(CN3CCN(C)CC3)cc2)cc1Nc1nccc(-c2cccnc2)n1.Cl. The topological polar surface area (TPSA) is 347 Å². The number of ether oxygens (including phenoxy) is 3. The van der Waals surface area contributed by atoms with Crippen LogP contribution in [0.4, 0.5) is 17.3 Å². The van der Waals surface area contributed by atoms with Crippen LogP contribution in [0.2, 0.25) is 0 Å². The number of hydrogen-bond donors (Lipinski definition) is 9. The number of aryl methyl sites for hydroxylation is 1. The molecule has 10 N–H and O–H groups in total. The average Bonchev–Trinajstić information content (AvgIpc) is 1.26. The van der Waals surface area contributed by atoms with Crippen LogP contribution < -0.4 is 21.1 Å². The van der Waals surface area contributed by atoms with Crippen molar-refractivity contribution < 1.29 is 71.9 Å². The molecule has 82 heavy (non-hydrogen) atoms. The minimum Gasteiger partial charge on any atom is -0.507 e. The molecule has 2 aliphatic carbocycles. The van der Waals surface area contributed by atoms with E-state index in [-0.39, 0.29) is 52.7 Å². The van der Waals surface area contributed by atoms with Gasteiger partial charge in [-0.3, -0.25) is 33.6 Å². The third kappa shape index (κ3) is 14.3. The van der Waals surface area contributed by atoms with Crippen LogP contribution in [0.1, 0.15) is 90.3 Å². The lowest BCUT2D eigenvalue weighted by Gasteiger charge is -2.42. The number of amides is 1. The molecule has 25 heteroatoms. The van der Waals surface area contributed by atoms with Crippen LogP contribution >= 0.6 is 12.4 Å². The Bertz CT molecular complexity index is 3420. The number of nitrogens with two attached hydrogens (primary N) is 1. The summed E-state index contributed by atoms with van der Waals surface area (Å²) in [7, 11) is -0.185. The molecule has 2 aliphatic heterocycles. The molecule has 6 aromatic rings. The Balaban J connectivity index is 0.000000216. The highest BCUT2D eigenvalue weighted by atomic mass is 35.5. The molecule has 1 amide bonds. The largest absolute Gasteiger partial charge is 0.507 e. The molecule has 0 saturated carbocycles. The summed E-state index contributed by atoms with van der Waals surface area (Å²) in [6.07, 6.45) is 0.809. The number of pyridine rings is 1. The van der Waals surface area contributed by atoms with Gasteiger partial charge in [-0.2, -0.15) is 8.42 Å². The molecule has 4 aliphatic rings. The predicted octanol–water partition coefficient (Wildman–Crippen LogP) is 4.52. The first-order valence-electron chi connectivity index (χ1n) is 25.8. The normalized spacial score (nSPS) is 21.4. The number of ketones is 3. The summed E-state index contributed by atoms with van der Waals surface area (Å²) in [5.74, 6) is -3.44. The quantitative estimate of drug-likeness (QED) is 0.0600. The van der Waals surface area contributed by atoms with Crippen molar-refractivity contribution in [3.8, 4) is 28.5 Å². The first-order valence-corrected chi connectivity index (χ1v) is 27.6. The minimum atomic E-state index is -3.67. The van der Waals surface area contributed by atoms with E-state index in [1.54, 1.807) is 25.5 Å². The van der Waals surface area contributed by atoms with E-state index in [0.717, 1.165) is 55.2 Å². The van der Waals surface area contributed by atoms with Crippen LogP contribution in [0.5, 0.6) is 17.2 Å². The van der Waals surface area contributed by atoms with E-state index in [1.807, 2.05) is 67.6 Å². The number of likely N-dealkylation sites (N-methyl/N-ethyl adjacent to an activating group) is 1. The summed E-state index contributed by atoms with van der Waals surface area (Å²) in [5, 5.41) is 60.0. The Morgan fingerprint density at radius 1 is 0.939 bits per heavy atom. The van der Waals surface area contributed by atoms with Crippen molar-refractivity contribution in [1.29, 1.82) is 0 Å². The summed E-state index contributed by atoms with van der Waals surface area (Å²) < 4.78 is 42.9. The number of hydrogen-bond acceptors (Lipinski definition) is 21. The third-order valence-electron chi connectivity index (χ3n) is 14.4. The molecule has 0 spiro atoms. The summed E-state index contributed by atoms with van der Waals surface area (Å²) in [6, 6.07) is 22.9. The highest BCUT2D eigenvalue weighted by molar-refractivity contribution is 7.85. The van der Waals surface area contributed by atoms with E-state index in [4.69, 9.17) is 24.5 Å². The van der Waals surface area contributed by atoms with E-state index in [9.17, 15) is 53.1 Å². The number of aromatic nitrogens is 3. The lowest BCUT2D eigenvalue weighted by Crippen LogP contribution is -2.53. The fourth-order valence-corrected chi connectivity index (χ4v) is 10.0. The fraction of sp³-hybridized carbons (Fsp3) is 0.351. The highest BCUT2D eigenvalue weighted by Gasteiger charge is 2.50. The number of fused-ring (bicyclic) bond motifs is 3. The van der Waals surface area contributed by atoms with E-state index >= 15 is 0 Å². The van der Waals surface area contributed by atoms with E-state index < -0.39 is 106 Å². The number of phenols is 2. The van der Waals surface area contributed by atoms with Crippen molar-refractivity contribution in [2.24, 2.45) is 5.73 Å². The standard InChI is InChI=1S/C29H31N7O.C27H29NO11.CH4O3S.ClH/c1-21-5-10-25(18-27(21)34-29-31-13-11-26(33-29)24-4-3-12-30-19-24)32-28(37)23-8-6-22(7-9-23)20-36-16-14-35(2)15-17-36;1-10-22(31)13(28)6-17(38-10)39-15-8-27(36,16(30)9-29)7-12-19(15)26(35)21-20(24(12)33)23(32)11-4-3-5-14(37-2)18(11)25(21)34;1-5(2,3)4;/h3-13,18-19H,14-17,20H2,1-2H3,(H,32,37)(H,31,33,34);3-5,10,13,15,17,22,29,31,33,35-36H,6-9,28H2,1-2H3;1H3,(H,2,3,4);1H/t;10-,13-,15-,17-,22+,27-;;/m.0../s1. The van der Waals surface area contributed by atoms with Crippen LogP contribution in [-0.4, -0.2) is 170 Å². The number of aliphatic hydroxyl groups excluding tert-OH is 2. The Morgan fingerprint density at radius 3 is 2.28 bits per heavy atom. The van der Waals surface area contributed by atoms with Crippen molar-refractivity contribution in [3.05, 3.63) is 148 Å². The molecule has 436 valence electrons. The number of nitrogens with one attached hydrogen (secondary N) is 2. The molecule has 2 fully saturated rings. The number of Topliss-reactive ketones (excluding diaryl/α,β-unsaturated/α-hetero) is 1. The van der Waals surface area contributed by atoms with Gasteiger partial charge in [-0.05, 0) is 80.6 Å². The predicted molar refractivity (Wildman–Crippen MR) is 303 cm³/mol. The maximum atomic E-state index is 13.6. The fourth-order valence-electron chi connectivity index (χ4n) is 10.0. The van der Waals surface area contributed by atoms with E-state index in [0.29, 0.717) is 23.5 Å². The van der Waals surface area contributed by atoms with Crippen LogP contribution in [0.25, 0.3) is 11.3 Å². The molecule has 23 nitrogen and oxygen atoms in total. The van der Waals surface area contributed by atoms with E-state index in [2.05, 4.69) is 42.4 Å². The Morgan fingerprint density at radius 2 is 1.63 bits per heavy atom. The lowest BCUT2D eigenvalue weighted by molar-refractivity contribution is -0.247. The molecule has 2 aromatic heterocycles. The van der Waals surface area contributed by atoms with Crippen molar-refractivity contribution in [2.75, 3.05) is 63.8 Å². The number of aromatic hydroxyl groups is 2. The zero-order valence-corrected chi connectivity index (χ0v) is 47.1. The second-order valence-electron chi connectivity index (χ2n) is 20.3. The maximum absolute atomic E-state index is 13.6. The lowest BCUT2D eigenvalue weighted by atomic mass is 9.72. The molecule has 0 unspecified atom stereocenters. The average molecular weight is 1170 g/mol. The smallest absolute Gasteiger partial charge is 0.261 e. The van der Waals surface area contributed by atoms with Crippen LogP contribution in [0.3, 0.4) is 0 Å². The summed E-state index contributed by atoms with van der Waals surface area (Å²) in [4.78, 5) is 70.6. The number of carbonyl (C=O) groups is 4. The number of benzene rings is 4. The van der Waals surface area contributed by atoms with Crippen molar-refractivity contribution in [2.45, 2.75) is 75.9 Å². The van der Waals surface area contributed by atoms with Gasteiger partial charge in [0.1, 0.15) is 29.5 Å². The Labute approximate surface area is 479 Å². The van der Waals surface area contributed by atoms with Crippen molar-refractivity contribution in [1.82, 2.24) is 24.8 Å². The minimum absolute atomic E-state index is 0. The highest BCUT2D eigenvalue weighted by Crippen LogP contribution is 2.52. The van der Waals surface area contributed by atoms with Crippen LogP contribution in [-0.2, 0) is 37.4 Å². The molecule has 0 radical (unpaired) electrons. The number of piperazine rings is 1. The van der Waals surface area contributed by atoms with Gasteiger partial charge in [-0.25, -0.2) is 9.97 Å². The second kappa shape index (κ2) is 26.3. The molecule has 10 rings (SSSR count). The van der Waals surface area contributed by atoms with Crippen molar-refractivity contribution in [3.63, 3.8) is 0 Å². The molecule has 0 bridgehead atoms. The van der Waals surface area contributed by atoms with Gasteiger partial charge in [0.25, 0.3) is 16.0 Å². The number of aliphatic hydroxyl groups is 3. The van der Waals surface area contributed by atoms with Gasteiger partial charge in [-0.15, -0.1) is 12.4 Å². The molecular weight excluding hydrogens is 1100 g/mol. The molecule has 4 aromatic carbocycles. The second-order valence-corrected chi connectivity index (χ2v) is 21.8. The van der Waals surface area contributed by atoms with E-state index in [1.165, 1.54) is 30.9 Å². The van der Waals surface area contributed by atoms with Gasteiger partial charge >= 0.3 is 0 Å². The van der Waals surface area contributed by atoms with Crippen LogP contribution in [0.15, 0.2) is 97.5 Å². The van der Waals surface area contributed by atoms with Gasteiger partial charge in [0.05, 0.1) is 54.1 Å². The van der Waals surface area contributed by atoms with Crippen LogP contribution in [0, 0.1) is 6.92 Å². The first kappa shape index (κ1) is 62.3. The van der Waals surface area contributed by atoms with Gasteiger partial charge in [0, 0.05) is 116 Å². The number of rotatable bonds is 12. The van der Waals surface area contributed by atoms with Gasteiger partial charge in [-0.1, -0.05) is 30.3 Å². The Kier molecular flexibility index (Phi) is 20.0.